The second-order valence-electron chi connectivity index (χ2n) is 7.76. The number of rotatable bonds is 6. The predicted octanol–water partition coefficient (Wildman–Crippen LogP) is 6.20. The van der Waals surface area contributed by atoms with E-state index in [4.69, 9.17) is 10.7 Å². The first-order valence-electron chi connectivity index (χ1n) is 8.43. The van der Waals surface area contributed by atoms with Crippen molar-refractivity contribution in [1.29, 1.82) is 0 Å². The molecule has 0 saturated heterocycles. The minimum atomic E-state index is -2.27. The van der Waals surface area contributed by atoms with Crippen molar-refractivity contribution in [2.24, 2.45) is 0 Å². The van der Waals surface area contributed by atoms with Crippen molar-refractivity contribution < 1.29 is 4.79 Å². The number of carbonyl (C=O) groups is 1. The van der Waals surface area contributed by atoms with E-state index in [2.05, 4.69) is 29.6 Å². The molecule has 1 aromatic rings. The molecule has 2 atom stereocenters. The summed E-state index contributed by atoms with van der Waals surface area (Å²) in [5.41, 5.74) is 2.38. The van der Waals surface area contributed by atoms with E-state index in [1.54, 1.807) is 5.57 Å². The number of benzene rings is 1. The van der Waals surface area contributed by atoms with Crippen LogP contribution in [0.25, 0.3) is 0 Å². The van der Waals surface area contributed by atoms with Crippen molar-refractivity contribution in [3.63, 3.8) is 0 Å². The molecule has 128 valence electrons. The Labute approximate surface area is 150 Å². The third-order valence-electron chi connectivity index (χ3n) is 4.52. The fraction of sp³-hybridized carbons (Fsp3) is 0.526. The second kappa shape index (κ2) is 7.80. The van der Waals surface area contributed by atoms with Gasteiger partial charge in [-0.2, -0.15) is 0 Å². The molecule has 0 amide bonds. The van der Waals surface area contributed by atoms with Gasteiger partial charge in [-0.3, -0.25) is 0 Å². The van der Waals surface area contributed by atoms with Gasteiger partial charge < -0.3 is 0 Å². The standard InChI is InChI=1S/C19H29ClGeOS/c1-21(2,3)19(18(22)17-12-6-5-7-13-17)23(4,20)15-14-16-10-8-9-11-16/h5-7,12-14,19H,8-11,15H2,1-4H3. The summed E-state index contributed by atoms with van der Waals surface area (Å²) in [4.78, 5) is 13.2. The molecular weight excluding hydrogens is 384 g/mol. The summed E-state index contributed by atoms with van der Waals surface area (Å²) >= 11 is -2.27. The van der Waals surface area contributed by atoms with E-state index in [9.17, 15) is 4.79 Å². The third-order valence-corrected chi connectivity index (χ3v) is 19.2. The zero-order valence-corrected chi connectivity index (χ0v) is 18.4. The first kappa shape index (κ1) is 19.1. The van der Waals surface area contributed by atoms with Crippen LogP contribution in [0.1, 0.15) is 36.0 Å². The fourth-order valence-electron chi connectivity index (χ4n) is 3.52. The average molecular weight is 414 g/mol. The van der Waals surface area contributed by atoms with Crippen LogP contribution in [0.3, 0.4) is 0 Å². The van der Waals surface area contributed by atoms with E-state index in [-0.39, 0.29) is 9.87 Å². The Morgan fingerprint density at radius 3 is 2.30 bits per heavy atom. The average Bonchev–Trinajstić information content (AvgIpc) is 2.98. The third kappa shape index (κ3) is 5.14. The summed E-state index contributed by atoms with van der Waals surface area (Å²) in [6, 6.07) is 9.72. The van der Waals surface area contributed by atoms with Gasteiger partial charge in [0.15, 0.2) is 0 Å². The molecule has 1 aromatic carbocycles. The van der Waals surface area contributed by atoms with Gasteiger partial charge in [0.2, 0.25) is 0 Å². The van der Waals surface area contributed by atoms with E-state index in [0.29, 0.717) is 0 Å². The molecular formula is C19H29ClGeOS. The Kier molecular flexibility index (Phi) is 6.49. The van der Waals surface area contributed by atoms with E-state index in [1.165, 1.54) is 25.7 Å². The van der Waals surface area contributed by atoms with Crippen molar-refractivity contribution >= 4 is 39.0 Å². The van der Waals surface area contributed by atoms with E-state index >= 15 is 0 Å². The number of hydrogen-bond acceptors (Lipinski definition) is 1. The number of halogens is 1. The normalized spacial score (nSPS) is 20.7. The zero-order chi connectivity index (χ0) is 17.1. The molecule has 1 aliphatic carbocycles. The molecule has 2 unspecified atom stereocenters. The first-order chi connectivity index (χ1) is 10.7. The van der Waals surface area contributed by atoms with Gasteiger partial charge in [-0.05, 0) is 0 Å². The van der Waals surface area contributed by atoms with Gasteiger partial charge in [0, 0.05) is 0 Å². The molecule has 2 rings (SSSR count). The number of allylic oxidation sites excluding steroid dienone is 1. The van der Waals surface area contributed by atoms with Crippen molar-refractivity contribution in [3.8, 4) is 0 Å². The first-order valence-corrected chi connectivity index (χ1v) is 19.0. The molecule has 0 heterocycles. The quantitative estimate of drug-likeness (QED) is 0.308. The summed E-state index contributed by atoms with van der Waals surface area (Å²) < 4.78 is 0.0461. The van der Waals surface area contributed by atoms with Crippen LogP contribution in [0.5, 0.6) is 0 Å². The summed E-state index contributed by atoms with van der Waals surface area (Å²) in [5.74, 6) is 8.12. The van der Waals surface area contributed by atoms with Crippen LogP contribution in [-0.2, 0) is 0 Å². The Bertz CT molecular complexity index is 567. The predicted molar refractivity (Wildman–Crippen MR) is 109 cm³/mol. The van der Waals surface area contributed by atoms with Gasteiger partial charge in [-0.1, -0.05) is 0 Å². The summed E-state index contributed by atoms with van der Waals surface area (Å²) in [5, 5.41) is 0. The Morgan fingerprint density at radius 2 is 1.78 bits per heavy atom. The number of carbonyl (C=O) groups excluding carboxylic acids is 1. The number of hydrogen-bond donors (Lipinski definition) is 0. The molecule has 1 fully saturated rings. The topological polar surface area (TPSA) is 17.1 Å². The SMILES string of the molecule is CS(Cl)(CC=C1CCCC1)[CH](C(=O)c1ccccc1)[Ge]([CH3])([CH3])[CH3]. The molecule has 0 aromatic heterocycles. The zero-order valence-electron chi connectivity index (χ0n) is 14.8. The molecule has 0 radical (unpaired) electrons. The van der Waals surface area contributed by atoms with Crippen LogP contribution in [0.15, 0.2) is 42.0 Å². The molecule has 1 saturated carbocycles. The van der Waals surface area contributed by atoms with E-state index in [1.807, 2.05) is 30.3 Å². The Morgan fingerprint density at radius 1 is 1.22 bits per heavy atom. The van der Waals surface area contributed by atoms with Crippen LogP contribution < -0.4 is 0 Å². The molecule has 0 N–H and O–H groups in total. The molecule has 1 aliphatic rings. The van der Waals surface area contributed by atoms with E-state index in [0.717, 1.165) is 11.3 Å². The molecule has 23 heavy (non-hydrogen) atoms. The van der Waals surface area contributed by atoms with Crippen LogP contribution in [-0.4, -0.2) is 35.1 Å². The Hall–Kier alpha value is -0.187. The Balaban J connectivity index is 2.26. The summed E-state index contributed by atoms with van der Waals surface area (Å²) in [6.45, 7) is 0. The van der Waals surface area contributed by atoms with Crippen LogP contribution in [0.2, 0.25) is 17.3 Å². The van der Waals surface area contributed by atoms with Crippen LogP contribution in [0, 0.1) is 0 Å². The molecule has 0 bridgehead atoms. The van der Waals surface area contributed by atoms with Crippen molar-refractivity contribution in [3.05, 3.63) is 47.5 Å². The van der Waals surface area contributed by atoms with Crippen molar-refractivity contribution in [2.45, 2.75) is 47.0 Å². The maximum atomic E-state index is 13.2. The van der Waals surface area contributed by atoms with Crippen molar-refractivity contribution in [2.75, 3.05) is 12.0 Å². The second-order valence-corrected chi connectivity index (χ2v) is 24.8. The summed E-state index contributed by atoms with van der Waals surface area (Å²) in [6.07, 6.45) is 9.58. The van der Waals surface area contributed by atoms with Crippen molar-refractivity contribution in [1.82, 2.24) is 0 Å². The van der Waals surface area contributed by atoms with Crippen LogP contribution >= 0.6 is 19.9 Å². The number of Topliss-reactive ketones (excluding diaryl/α,β-unsaturated/α-hetero) is 1. The fourth-order valence-corrected chi connectivity index (χ4v) is 22.8. The molecule has 4 heteroatoms. The van der Waals surface area contributed by atoms with Gasteiger partial charge in [0.05, 0.1) is 0 Å². The van der Waals surface area contributed by atoms with Crippen LogP contribution in [0.4, 0.5) is 0 Å². The molecule has 0 aliphatic heterocycles. The molecule has 1 nitrogen and oxygen atoms in total. The monoisotopic (exact) mass is 414 g/mol. The van der Waals surface area contributed by atoms with Gasteiger partial charge in [0.1, 0.15) is 0 Å². The van der Waals surface area contributed by atoms with Gasteiger partial charge in [-0.15, -0.1) is 0 Å². The number of ketones is 1. The molecule has 0 spiro atoms. The van der Waals surface area contributed by atoms with E-state index < -0.39 is 22.5 Å². The maximum absolute atomic E-state index is 13.2. The van der Waals surface area contributed by atoms with Gasteiger partial charge >= 0.3 is 150 Å². The summed E-state index contributed by atoms with van der Waals surface area (Å²) in [7, 11) is 5.59. The minimum absolute atomic E-state index is 0.0461. The van der Waals surface area contributed by atoms with Gasteiger partial charge in [-0.25, -0.2) is 0 Å². The van der Waals surface area contributed by atoms with Gasteiger partial charge in [0.25, 0.3) is 0 Å².